The van der Waals surface area contributed by atoms with Gasteiger partial charge >= 0.3 is 6.03 Å². The topological polar surface area (TPSA) is 116 Å². The molecule has 0 aliphatic heterocycles. The van der Waals surface area contributed by atoms with E-state index in [4.69, 9.17) is 44.4 Å². The number of carbonyl (C=O) groups is 2. The van der Waals surface area contributed by atoms with Crippen LogP contribution >= 0.6 is 33.9 Å². The molecule has 7 nitrogen and oxygen atoms in total. The quantitative estimate of drug-likeness (QED) is 0.780. The molecule has 21 heavy (non-hydrogen) atoms. The molecule has 0 aliphatic carbocycles. The van der Waals surface area contributed by atoms with Crippen molar-refractivity contribution in [2.24, 2.45) is 5.73 Å². The summed E-state index contributed by atoms with van der Waals surface area (Å²) in [5, 5.41) is 1.46. The Morgan fingerprint density at radius 1 is 1.29 bits per heavy atom. The Morgan fingerprint density at radius 2 is 1.86 bits per heavy atom. The Morgan fingerprint density at radius 3 is 2.33 bits per heavy atom. The van der Waals surface area contributed by atoms with Crippen molar-refractivity contribution in [2.75, 3.05) is 0 Å². The third-order valence-corrected chi connectivity index (χ3v) is 4.25. The summed E-state index contributed by atoms with van der Waals surface area (Å²) in [6.07, 6.45) is -1.12. The van der Waals surface area contributed by atoms with Crippen molar-refractivity contribution in [2.45, 2.75) is 17.9 Å². The van der Waals surface area contributed by atoms with Crippen molar-refractivity contribution < 1.29 is 22.7 Å². The third kappa shape index (κ3) is 4.92. The number of primary amides is 1. The van der Waals surface area contributed by atoms with Crippen LogP contribution in [0.3, 0.4) is 0 Å². The van der Waals surface area contributed by atoms with Gasteiger partial charge in [0.05, 0.1) is 10.0 Å². The predicted octanol–water partition coefficient (Wildman–Crippen LogP) is 1.88. The van der Waals surface area contributed by atoms with E-state index in [9.17, 15) is 18.0 Å². The zero-order valence-corrected chi connectivity index (χ0v) is 13.5. The van der Waals surface area contributed by atoms with Crippen LogP contribution in [0.15, 0.2) is 17.0 Å². The van der Waals surface area contributed by atoms with Gasteiger partial charge in [0.25, 0.3) is 15.0 Å². The summed E-state index contributed by atoms with van der Waals surface area (Å²) < 4.78 is 27.7. The molecule has 0 spiro atoms. The van der Waals surface area contributed by atoms with Gasteiger partial charge in [-0.25, -0.2) is 13.2 Å². The number of imide groups is 1. The number of nitrogens with two attached hydrogens (primary N) is 1. The van der Waals surface area contributed by atoms with Crippen molar-refractivity contribution in [1.29, 1.82) is 0 Å². The van der Waals surface area contributed by atoms with Crippen LogP contribution in [0.2, 0.25) is 10.0 Å². The average molecular weight is 376 g/mol. The maximum Gasteiger partial charge on any atom is 0.318 e. The third-order valence-electron chi connectivity index (χ3n) is 2.17. The minimum atomic E-state index is -4.07. The fraction of sp³-hybridized carbons (Fsp3) is 0.200. The molecule has 1 unspecified atom stereocenters. The average Bonchev–Trinajstić information content (AvgIpc) is 2.30. The van der Waals surface area contributed by atoms with Crippen LogP contribution < -0.4 is 15.8 Å². The van der Waals surface area contributed by atoms with Crippen molar-refractivity contribution >= 4 is 54.9 Å². The molecular formula is C10H9Cl3N2O5S. The van der Waals surface area contributed by atoms with E-state index >= 15 is 0 Å². The lowest BCUT2D eigenvalue weighted by atomic mass is 10.3. The lowest BCUT2D eigenvalue weighted by Gasteiger charge is -2.15. The molecule has 0 fully saturated rings. The highest BCUT2D eigenvalue weighted by molar-refractivity contribution is 8.13. The van der Waals surface area contributed by atoms with Gasteiger partial charge in [-0.1, -0.05) is 23.2 Å². The van der Waals surface area contributed by atoms with E-state index < -0.39 is 32.0 Å². The van der Waals surface area contributed by atoms with Crippen molar-refractivity contribution in [1.82, 2.24) is 5.32 Å². The Hall–Kier alpha value is -1.22. The summed E-state index contributed by atoms with van der Waals surface area (Å²) in [7, 11) is 1.10. The zero-order valence-electron chi connectivity index (χ0n) is 10.4. The standard InChI is InChI=1S/C10H9Cl3N2O5S/c1-4(9(16)15-10(14)17)20-7-2-6(12)8(3-5(7)11)21(13,18)19/h2-4H,1H3,(H3,14,15,16,17). The second-order valence-electron chi connectivity index (χ2n) is 3.76. The molecule has 116 valence electrons. The van der Waals surface area contributed by atoms with E-state index in [1.807, 2.05) is 5.32 Å². The molecular weight excluding hydrogens is 367 g/mol. The molecule has 0 saturated carbocycles. The number of carbonyl (C=O) groups excluding carboxylic acids is 2. The molecule has 1 aromatic rings. The van der Waals surface area contributed by atoms with Crippen LogP contribution in [-0.4, -0.2) is 26.5 Å². The van der Waals surface area contributed by atoms with Gasteiger partial charge in [-0.05, 0) is 13.0 Å². The first-order valence-corrected chi connectivity index (χ1v) is 8.29. The van der Waals surface area contributed by atoms with Gasteiger partial charge in [0, 0.05) is 16.7 Å². The SMILES string of the molecule is CC(Oc1cc(Cl)c(S(=O)(=O)Cl)cc1Cl)C(=O)NC(N)=O. The van der Waals surface area contributed by atoms with Gasteiger partial charge in [0.15, 0.2) is 6.10 Å². The van der Waals surface area contributed by atoms with Crippen LogP contribution in [0.5, 0.6) is 5.75 Å². The van der Waals surface area contributed by atoms with Gasteiger partial charge in [0.2, 0.25) is 0 Å². The highest BCUT2D eigenvalue weighted by Gasteiger charge is 2.21. The first kappa shape index (κ1) is 17.8. The molecule has 0 bridgehead atoms. The summed E-state index contributed by atoms with van der Waals surface area (Å²) in [5.41, 5.74) is 4.79. The maximum absolute atomic E-state index is 11.5. The molecule has 0 aromatic heterocycles. The number of rotatable bonds is 4. The molecule has 3 amide bonds. The minimum absolute atomic E-state index is 0.0575. The number of halogens is 3. The maximum atomic E-state index is 11.5. The van der Waals surface area contributed by atoms with E-state index in [1.54, 1.807) is 0 Å². The Kier molecular flexibility index (Phi) is 5.68. The Bertz CT molecular complexity index is 692. The van der Waals surface area contributed by atoms with Gasteiger partial charge in [-0.2, -0.15) is 0 Å². The molecule has 0 heterocycles. The summed E-state index contributed by atoms with van der Waals surface area (Å²) in [6, 6.07) is 1.04. The van der Waals surface area contributed by atoms with E-state index in [0.717, 1.165) is 12.1 Å². The summed E-state index contributed by atoms with van der Waals surface area (Å²) >= 11 is 11.6. The second-order valence-corrected chi connectivity index (χ2v) is 7.11. The first-order valence-electron chi connectivity index (χ1n) is 5.23. The molecule has 1 aromatic carbocycles. The summed E-state index contributed by atoms with van der Waals surface area (Å²) in [6.45, 7) is 1.33. The van der Waals surface area contributed by atoms with Crippen molar-refractivity contribution in [3.8, 4) is 5.75 Å². The van der Waals surface area contributed by atoms with Gasteiger partial charge in [-0.3, -0.25) is 10.1 Å². The summed E-state index contributed by atoms with van der Waals surface area (Å²) in [4.78, 5) is 21.6. The zero-order chi connectivity index (χ0) is 16.4. The fourth-order valence-corrected chi connectivity index (χ4v) is 3.04. The lowest BCUT2D eigenvalue weighted by molar-refractivity contribution is -0.126. The van der Waals surface area contributed by atoms with Crippen LogP contribution in [0, 0.1) is 0 Å². The van der Waals surface area contributed by atoms with E-state index in [0.29, 0.717) is 0 Å². The van der Waals surface area contributed by atoms with Crippen LogP contribution in [0.4, 0.5) is 4.79 Å². The number of hydrogen-bond acceptors (Lipinski definition) is 5. The van der Waals surface area contributed by atoms with Gasteiger partial charge in [-0.15, -0.1) is 0 Å². The molecule has 11 heteroatoms. The molecule has 3 N–H and O–H groups in total. The van der Waals surface area contributed by atoms with Gasteiger partial charge < -0.3 is 10.5 Å². The number of nitrogens with one attached hydrogen (secondary N) is 1. The number of benzene rings is 1. The fourth-order valence-electron chi connectivity index (χ4n) is 1.25. The van der Waals surface area contributed by atoms with E-state index in [1.165, 1.54) is 6.92 Å². The smallest absolute Gasteiger partial charge is 0.318 e. The monoisotopic (exact) mass is 374 g/mol. The summed E-state index contributed by atoms with van der Waals surface area (Å²) in [5.74, 6) is -0.860. The van der Waals surface area contributed by atoms with Crippen LogP contribution in [0.1, 0.15) is 6.92 Å². The predicted molar refractivity (Wildman–Crippen MR) is 77.3 cm³/mol. The molecule has 1 atom stereocenters. The van der Waals surface area contributed by atoms with Crippen molar-refractivity contribution in [3.63, 3.8) is 0 Å². The molecule has 0 aliphatic rings. The number of amides is 3. The van der Waals surface area contributed by atoms with E-state index in [2.05, 4.69) is 0 Å². The van der Waals surface area contributed by atoms with Crippen LogP contribution in [-0.2, 0) is 13.8 Å². The van der Waals surface area contributed by atoms with Crippen molar-refractivity contribution in [3.05, 3.63) is 22.2 Å². The minimum Gasteiger partial charge on any atom is -0.479 e. The number of ether oxygens (including phenoxy) is 1. The first-order chi connectivity index (χ1) is 9.52. The van der Waals surface area contributed by atoms with Crippen LogP contribution in [0.25, 0.3) is 0 Å². The number of hydrogen-bond donors (Lipinski definition) is 2. The largest absolute Gasteiger partial charge is 0.479 e. The molecule has 0 radical (unpaired) electrons. The Balaban J connectivity index is 3.03. The number of urea groups is 1. The normalized spacial score (nSPS) is 12.6. The highest BCUT2D eigenvalue weighted by atomic mass is 35.7. The molecule has 0 saturated heterocycles. The van der Waals surface area contributed by atoms with E-state index in [-0.39, 0.29) is 15.8 Å². The highest BCUT2D eigenvalue weighted by Crippen LogP contribution is 2.35. The van der Waals surface area contributed by atoms with Gasteiger partial charge in [0.1, 0.15) is 10.6 Å². The Labute approximate surface area is 134 Å². The lowest BCUT2D eigenvalue weighted by Crippen LogP contribution is -2.42. The molecule has 1 rings (SSSR count). The second kappa shape index (κ2) is 6.69.